The number of sulfonamides is 1. The highest BCUT2D eigenvalue weighted by molar-refractivity contribution is 7.89. The number of nitrogens with one attached hydrogen (secondary N) is 1. The predicted octanol–water partition coefficient (Wildman–Crippen LogP) is 3.99. The summed E-state index contributed by atoms with van der Waals surface area (Å²) in [6, 6.07) is 6.89. The third-order valence-corrected chi connectivity index (χ3v) is 8.33. The molecule has 2 heterocycles. The summed E-state index contributed by atoms with van der Waals surface area (Å²) in [5.74, 6) is -1.12. The molecule has 1 aromatic heterocycles. The van der Waals surface area contributed by atoms with E-state index in [9.17, 15) is 18.0 Å². The normalized spacial score (nSPS) is 15.4. The third kappa shape index (κ3) is 5.10. The summed E-state index contributed by atoms with van der Waals surface area (Å²) in [5, 5.41) is 3.37. The number of aromatic nitrogens is 1. The van der Waals surface area contributed by atoms with Crippen molar-refractivity contribution >= 4 is 39.2 Å². The van der Waals surface area contributed by atoms with Crippen molar-refractivity contribution in [2.24, 2.45) is 5.92 Å². The summed E-state index contributed by atoms with van der Waals surface area (Å²) in [4.78, 5) is 25.3. The SMILES string of the molecule is CCOC(=O)c1c(S(=O)(=O)N2CCC(C(=O)Nc3cccc(Cl)c3)CC2)c(C)n(CC)c1C. The van der Waals surface area contributed by atoms with E-state index in [4.69, 9.17) is 16.3 Å². The van der Waals surface area contributed by atoms with Gasteiger partial charge in [-0.15, -0.1) is 0 Å². The van der Waals surface area contributed by atoms with Gasteiger partial charge in [-0.1, -0.05) is 17.7 Å². The van der Waals surface area contributed by atoms with Crippen LogP contribution in [0.1, 0.15) is 48.4 Å². The number of carbonyl (C=O) groups is 2. The van der Waals surface area contributed by atoms with Crippen molar-refractivity contribution in [3.8, 4) is 0 Å². The van der Waals surface area contributed by atoms with Crippen molar-refractivity contribution in [3.63, 3.8) is 0 Å². The molecule has 0 atom stereocenters. The van der Waals surface area contributed by atoms with Gasteiger partial charge in [0.2, 0.25) is 15.9 Å². The molecule has 1 saturated heterocycles. The fraction of sp³-hybridized carbons (Fsp3) is 0.478. The summed E-state index contributed by atoms with van der Waals surface area (Å²) in [6.07, 6.45) is 0.764. The van der Waals surface area contributed by atoms with Crippen molar-refractivity contribution in [1.29, 1.82) is 0 Å². The Hall–Kier alpha value is -2.36. The fourth-order valence-corrected chi connectivity index (χ4v) is 6.50. The maximum atomic E-state index is 13.6. The minimum atomic E-state index is -3.95. The van der Waals surface area contributed by atoms with Crippen molar-refractivity contribution in [1.82, 2.24) is 8.87 Å². The molecule has 0 bridgehead atoms. The Bertz CT molecular complexity index is 1150. The number of rotatable bonds is 7. The van der Waals surface area contributed by atoms with Crippen LogP contribution in [0.25, 0.3) is 0 Å². The number of anilines is 1. The molecule has 0 radical (unpaired) electrons. The van der Waals surface area contributed by atoms with Gasteiger partial charge >= 0.3 is 5.97 Å². The van der Waals surface area contributed by atoms with Gasteiger partial charge in [0.05, 0.1) is 6.61 Å². The maximum absolute atomic E-state index is 13.6. The minimum absolute atomic E-state index is 0.00197. The molecule has 1 amide bonds. The van der Waals surface area contributed by atoms with Gasteiger partial charge in [-0.2, -0.15) is 4.31 Å². The third-order valence-electron chi connectivity index (χ3n) is 6.04. The van der Waals surface area contributed by atoms with Gasteiger partial charge < -0.3 is 14.6 Å². The molecule has 1 aromatic carbocycles. The van der Waals surface area contributed by atoms with Crippen LogP contribution in [-0.2, 0) is 26.1 Å². The van der Waals surface area contributed by atoms with Gasteiger partial charge in [0.15, 0.2) is 0 Å². The summed E-state index contributed by atoms with van der Waals surface area (Å²) >= 11 is 5.97. The van der Waals surface area contributed by atoms with Crippen LogP contribution in [-0.4, -0.2) is 48.9 Å². The minimum Gasteiger partial charge on any atom is -0.462 e. The number of ether oxygens (including phenoxy) is 1. The molecule has 180 valence electrons. The first kappa shape index (κ1) is 25.3. The fourth-order valence-electron chi connectivity index (χ4n) is 4.39. The number of halogens is 1. The van der Waals surface area contributed by atoms with Crippen molar-refractivity contribution in [3.05, 3.63) is 46.2 Å². The van der Waals surface area contributed by atoms with Gasteiger partial charge in [0.1, 0.15) is 10.5 Å². The molecule has 1 aliphatic heterocycles. The topological polar surface area (TPSA) is 97.7 Å². The summed E-state index contributed by atoms with van der Waals surface area (Å²) in [6.45, 7) is 8.08. The second-order valence-electron chi connectivity index (χ2n) is 8.02. The van der Waals surface area contributed by atoms with Crippen molar-refractivity contribution < 1.29 is 22.7 Å². The van der Waals surface area contributed by atoms with E-state index in [1.807, 2.05) is 11.5 Å². The smallest absolute Gasteiger partial charge is 0.341 e. The highest BCUT2D eigenvalue weighted by atomic mass is 35.5. The molecular weight excluding hydrogens is 466 g/mol. The Kier molecular flexibility index (Phi) is 7.87. The second kappa shape index (κ2) is 10.3. The lowest BCUT2D eigenvalue weighted by molar-refractivity contribution is -0.120. The predicted molar refractivity (Wildman–Crippen MR) is 127 cm³/mol. The largest absolute Gasteiger partial charge is 0.462 e. The number of benzene rings is 1. The number of esters is 1. The van der Waals surface area contributed by atoms with Crippen molar-refractivity contribution in [2.45, 2.75) is 52.0 Å². The Morgan fingerprint density at radius 3 is 2.39 bits per heavy atom. The lowest BCUT2D eigenvalue weighted by Gasteiger charge is -2.30. The zero-order valence-corrected chi connectivity index (χ0v) is 20.9. The first-order chi connectivity index (χ1) is 15.6. The molecule has 0 aliphatic carbocycles. The van der Waals surface area contributed by atoms with Crippen molar-refractivity contribution in [2.75, 3.05) is 25.0 Å². The van der Waals surface area contributed by atoms with Crippen LogP contribution in [0.5, 0.6) is 0 Å². The lowest BCUT2D eigenvalue weighted by atomic mass is 9.97. The molecule has 0 unspecified atom stereocenters. The zero-order valence-electron chi connectivity index (χ0n) is 19.4. The number of nitrogens with zero attached hydrogens (tertiary/aromatic N) is 2. The number of amides is 1. The van der Waals surface area contributed by atoms with E-state index in [-0.39, 0.29) is 42.0 Å². The molecule has 1 aliphatic rings. The number of carbonyl (C=O) groups excluding carboxylic acids is 2. The number of piperidine rings is 1. The quantitative estimate of drug-likeness (QED) is 0.585. The van der Waals surface area contributed by atoms with E-state index in [1.54, 1.807) is 45.0 Å². The maximum Gasteiger partial charge on any atom is 0.341 e. The van der Waals surface area contributed by atoms with E-state index < -0.39 is 16.0 Å². The van der Waals surface area contributed by atoms with E-state index >= 15 is 0 Å². The average molecular weight is 496 g/mol. The van der Waals surface area contributed by atoms with E-state index in [0.717, 1.165) is 0 Å². The standard InChI is InChI=1S/C23H30ClN3O5S/c1-5-27-15(3)20(23(29)32-6-2)21(16(27)4)33(30,31)26-12-10-17(11-13-26)22(28)25-19-9-7-8-18(24)14-19/h7-9,14,17H,5-6,10-13H2,1-4H3,(H,25,28). The molecule has 2 aromatic rings. The van der Waals surface area contributed by atoms with E-state index in [1.165, 1.54) is 4.31 Å². The van der Waals surface area contributed by atoms with Crippen LogP contribution in [0, 0.1) is 19.8 Å². The highest BCUT2D eigenvalue weighted by Crippen LogP contribution is 2.32. The molecule has 0 spiro atoms. The van der Waals surface area contributed by atoms with E-state index in [2.05, 4.69) is 5.32 Å². The Labute approximate surface area is 199 Å². The second-order valence-corrected chi connectivity index (χ2v) is 10.3. The first-order valence-corrected chi connectivity index (χ1v) is 12.9. The molecule has 33 heavy (non-hydrogen) atoms. The first-order valence-electron chi connectivity index (χ1n) is 11.0. The molecule has 3 rings (SSSR count). The molecule has 0 saturated carbocycles. The Morgan fingerprint density at radius 2 is 1.82 bits per heavy atom. The Morgan fingerprint density at radius 1 is 1.15 bits per heavy atom. The van der Waals surface area contributed by atoms with Crippen LogP contribution in [0.4, 0.5) is 5.69 Å². The summed E-state index contributed by atoms with van der Waals surface area (Å²) < 4.78 is 35.6. The van der Waals surface area contributed by atoms with Crippen LogP contribution < -0.4 is 5.32 Å². The summed E-state index contributed by atoms with van der Waals surface area (Å²) in [5.41, 5.74) is 1.78. The molecule has 1 fully saturated rings. The highest BCUT2D eigenvalue weighted by Gasteiger charge is 2.38. The van der Waals surface area contributed by atoms with Gasteiger partial charge in [0, 0.05) is 47.7 Å². The van der Waals surface area contributed by atoms with Gasteiger partial charge in [0.25, 0.3) is 0 Å². The van der Waals surface area contributed by atoms with Crippen LogP contribution >= 0.6 is 11.6 Å². The number of hydrogen-bond donors (Lipinski definition) is 1. The zero-order chi connectivity index (χ0) is 24.3. The van der Waals surface area contributed by atoms with Crippen LogP contribution in [0.15, 0.2) is 29.2 Å². The van der Waals surface area contributed by atoms with Gasteiger partial charge in [-0.3, -0.25) is 4.79 Å². The monoisotopic (exact) mass is 495 g/mol. The number of hydrogen-bond acceptors (Lipinski definition) is 5. The van der Waals surface area contributed by atoms with Gasteiger partial charge in [-0.25, -0.2) is 13.2 Å². The molecule has 1 N–H and O–H groups in total. The van der Waals surface area contributed by atoms with E-state index in [0.29, 0.717) is 41.5 Å². The molecule has 8 nitrogen and oxygen atoms in total. The lowest BCUT2D eigenvalue weighted by Crippen LogP contribution is -2.42. The van der Waals surface area contributed by atoms with Gasteiger partial charge in [-0.05, 0) is 58.7 Å². The summed E-state index contributed by atoms with van der Waals surface area (Å²) in [7, 11) is -3.95. The van der Waals surface area contributed by atoms with Crippen LogP contribution in [0.3, 0.4) is 0 Å². The molecular formula is C23H30ClN3O5S. The van der Waals surface area contributed by atoms with Crippen LogP contribution in [0.2, 0.25) is 5.02 Å². The average Bonchev–Trinajstić information content (AvgIpc) is 3.04. The molecule has 10 heteroatoms. The Balaban J connectivity index is 1.80.